The molecule has 1 saturated heterocycles. The van der Waals surface area contributed by atoms with Crippen molar-refractivity contribution < 1.29 is 14.7 Å². The Bertz CT molecular complexity index is 293. The quantitative estimate of drug-likeness (QED) is 0.729. The Morgan fingerprint density at radius 3 is 2.62 bits per heavy atom. The summed E-state index contributed by atoms with van der Waals surface area (Å²) >= 11 is 0. The summed E-state index contributed by atoms with van der Waals surface area (Å²) in [7, 11) is 1.60. The maximum Gasteiger partial charge on any atom is 0.310 e. The lowest BCUT2D eigenvalue weighted by atomic mass is 9.81. The number of nitrogens with one attached hydrogen (secondary N) is 1. The molecule has 2 unspecified atom stereocenters. The van der Waals surface area contributed by atoms with E-state index in [9.17, 15) is 9.59 Å². The van der Waals surface area contributed by atoms with Crippen LogP contribution in [0.3, 0.4) is 0 Å². The molecule has 0 saturated carbocycles. The van der Waals surface area contributed by atoms with Crippen LogP contribution >= 0.6 is 0 Å². The van der Waals surface area contributed by atoms with Gasteiger partial charge in [0.05, 0.1) is 11.5 Å². The molecule has 0 radical (unpaired) electrons. The molecule has 1 aliphatic rings. The number of aliphatic carboxylic acids is 1. The van der Waals surface area contributed by atoms with Gasteiger partial charge < -0.3 is 10.4 Å². The molecule has 1 rings (SSSR count). The van der Waals surface area contributed by atoms with Gasteiger partial charge in [0.25, 0.3) is 0 Å². The Hall–Kier alpha value is -1.10. The van der Waals surface area contributed by atoms with E-state index < -0.39 is 11.4 Å². The number of piperidine rings is 1. The molecule has 1 fully saturated rings. The number of rotatable bonds is 3. The van der Waals surface area contributed by atoms with E-state index in [0.717, 1.165) is 13.0 Å². The van der Waals surface area contributed by atoms with Crippen molar-refractivity contribution in [2.75, 3.05) is 20.1 Å². The second-order valence-corrected chi connectivity index (χ2v) is 4.73. The highest BCUT2D eigenvalue weighted by Crippen LogP contribution is 2.30. The molecule has 0 aromatic rings. The predicted molar refractivity (Wildman–Crippen MR) is 60.1 cm³/mol. The summed E-state index contributed by atoms with van der Waals surface area (Å²) in [5, 5.41) is 11.8. The van der Waals surface area contributed by atoms with E-state index in [1.165, 1.54) is 0 Å². The van der Waals surface area contributed by atoms with E-state index >= 15 is 0 Å². The standard InChI is InChI=1S/C11H20N2O3/c1-8(9(14)12-3)13-6-4-5-11(2,7-13)10(15)16/h8H,4-7H2,1-3H3,(H,12,14)(H,15,16). The summed E-state index contributed by atoms with van der Waals surface area (Å²) < 4.78 is 0. The first-order valence-electron chi connectivity index (χ1n) is 5.60. The lowest BCUT2D eigenvalue weighted by Gasteiger charge is -2.39. The van der Waals surface area contributed by atoms with Crippen LogP contribution in [-0.2, 0) is 9.59 Å². The SMILES string of the molecule is CNC(=O)C(C)N1CCCC(C)(C(=O)O)C1. The minimum absolute atomic E-state index is 0.0605. The monoisotopic (exact) mass is 228 g/mol. The molecule has 92 valence electrons. The highest BCUT2D eigenvalue weighted by Gasteiger charge is 2.39. The summed E-state index contributed by atoms with van der Waals surface area (Å²) in [6, 6.07) is -0.260. The maximum absolute atomic E-state index is 11.5. The first kappa shape index (κ1) is 13.0. The number of likely N-dealkylation sites (tertiary alicyclic amines) is 1. The topological polar surface area (TPSA) is 69.6 Å². The molecular weight excluding hydrogens is 208 g/mol. The largest absolute Gasteiger partial charge is 0.481 e. The summed E-state index contributed by atoms with van der Waals surface area (Å²) in [5.41, 5.74) is -0.722. The summed E-state index contributed by atoms with van der Waals surface area (Å²) in [6.45, 7) is 4.79. The molecule has 0 bridgehead atoms. The summed E-state index contributed by atoms with van der Waals surface area (Å²) in [6.07, 6.45) is 1.50. The lowest BCUT2D eigenvalue weighted by Crippen LogP contribution is -2.53. The van der Waals surface area contributed by atoms with Gasteiger partial charge in [-0.2, -0.15) is 0 Å². The summed E-state index contributed by atoms with van der Waals surface area (Å²) in [4.78, 5) is 24.6. The molecule has 0 aromatic carbocycles. The average Bonchev–Trinajstić information content (AvgIpc) is 2.27. The zero-order valence-corrected chi connectivity index (χ0v) is 10.1. The van der Waals surface area contributed by atoms with E-state index in [4.69, 9.17) is 5.11 Å². The van der Waals surface area contributed by atoms with Gasteiger partial charge >= 0.3 is 5.97 Å². The van der Waals surface area contributed by atoms with Crippen molar-refractivity contribution in [3.63, 3.8) is 0 Å². The number of carboxylic acid groups (broad SMARTS) is 1. The van der Waals surface area contributed by atoms with Crippen LogP contribution in [0.2, 0.25) is 0 Å². The maximum atomic E-state index is 11.5. The number of nitrogens with zero attached hydrogens (tertiary/aromatic N) is 1. The van der Waals surface area contributed by atoms with Crippen molar-refractivity contribution in [1.29, 1.82) is 0 Å². The molecule has 2 N–H and O–H groups in total. The van der Waals surface area contributed by atoms with Gasteiger partial charge in [0, 0.05) is 13.6 Å². The van der Waals surface area contributed by atoms with Crippen molar-refractivity contribution in [2.45, 2.75) is 32.7 Å². The third kappa shape index (κ3) is 2.52. The van der Waals surface area contributed by atoms with Crippen LogP contribution in [0.1, 0.15) is 26.7 Å². The highest BCUT2D eigenvalue weighted by molar-refractivity contribution is 5.81. The van der Waals surface area contributed by atoms with Gasteiger partial charge in [0.1, 0.15) is 0 Å². The Kier molecular flexibility index (Phi) is 3.91. The Labute approximate surface area is 95.8 Å². The van der Waals surface area contributed by atoms with Crippen molar-refractivity contribution in [3.8, 4) is 0 Å². The van der Waals surface area contributed by atoms with E-state index in [1.807, 2.05) is 11.8 Å². The van der Waals surface area contributed by atoms with E-state index in [1.54, 1.807) is 14.0 Å². The van der Waals surface area contributed by atoms with Crippen LogP contribution in [0.15, 0.2) is 0 Å². The van der Waals surface area contributed by atoms with Crippen LogP contribution in [-0.4, -0.2) is 48.1 Å². The van der Waals surface area contributed by atoms with Crippen LogP contribution in [0.25, 0.3) is 0 Å². The molecule has 0 spiro atoms. The van der Waals surface area contributed by atoms with Crippen molar-refractivity contribution in [2.24, 2.45) is 5.41 Å². The number of hydrogen-bond donors (Lipinski definition) is 2. The molecular formula is C11H20N2O3. The minimum atomic E-state index is -0.777. The zero-order valence-electron chi connectivity index (χ0n) is 10.1. The molecule has 1 amide bonds. The number of carbonyl (C=O) groups excluding carboxylic acids is 1. The normalized spacial score (nSPS) is 28.4. The van der Waals surface area contributed by atoms with E-state index in [2.05, 4.69) is 5.32 Å². The van der Waals surface area contributed by atoms with Crippen molar-refractivity contribution in [3.05, 3.63) is 0 Å². The molecule has 0 aliphatic carbocycles. The fraction of sp³-hybridized carbons (Fsp3) is 0.818. The first-order chi connectivity index (χ1) is 7.40. The average molecular weight is 228 g/mol. The zero-order chi connectivity index (χ0) is 12.3. The third-order valence-electron chi connectivity index (χ3n) is 3.42. The molecule has 0 aromatic heterocycles. The molecule has 2 atom stereocenters. The number of likely N-dealkylation sites (N-methyl/N-ethyl adjacent to an activating group) is 1. The lowest BCUT2D eigenvalue weighted by molar-refractivity contribution is -0.152. The Morgan fingerprint density at radius 1 is 1.50 bits per heavy atom. The fourth-order valence-electron chi connectivity index (χ4n) is 2.16. The van der Waals surface area contributed by atoms with Gasteiger partial charge in [-0.15, -0.1) is 0 Å². The van der Waals surface area contributed by atoms with Gasteiger partial charge in [-0.3, -0.25) is 14.5 Å². The predicted octanol–water partition coefficient (Wildman–Crippen LogP) is 0.308. The Morgan fingerprint density at radius 2 is 2.12 bits per heavy atom. The smallest absolute Gasteiger partial charge is 0.310 e. The molecule has 5 heteroatoms. The van der Waals surface area contributed by atoms with E-state index in [0.29, 0.717) is 13.0 Å². The van der Waals surface area contributed by atoms with Gasteiger partial charge in [-0.1, -0.05) is 0 Å². The Balaban J connectivity index is 2.70. The fourth-order valence-corrected chi connectivity index (χ4v) is 2.16. The molecule has 5 nitrogen and oxygen atoms in total. The van der Waals surface area contributed by atoms with Crippen LogP contribution in [0.4, 0.5) is 0 Å². The molecule has 16 heavy (non-hydrogen) atoms. The number of hydrogen-bond acceptors (Lipinski definition) is 3. The van der Waals surface area contributed by atoms with Gasteiger partial charge in [-0.05, 0) is 33.2 Å². The van der Waals surface area contributed by atoms with Crippen molar-refractivity contribution >= 4 is 11.9 Å². The van der Waals surface area contributed by atoms with Gasteiger partial charge in [0.2, 0.25) is 5.91 Å². The van der Waals surface area contributed by atoms with Crippen LogP contribution in [0.5, 0.6) is 0 Å². The van der Waals surface area contributed by atoms with Crippen LogP contribution in [0, 0.1) is 5.41 Å². The second kappa shape index (κ2) is 4.82. The first-order valence-corrected chi connectivity index (χ1v) is 5.60. The second-order valence-electron chi connectivity index (χ2n) is 4.73. The van der Waals surface area contributed by atoms with E-state index in [-0.39, 0.29) is 11.9 Å². The molecule has 1 aliphatic heterocycles. The third-order valence-corrected chi connectivity index (χ3v) is 3.42. The van der Waals surface area contributed by atoms with Crippen LogP contribution < -0.4 is 5.32 Å². The molecule has 1 heterocycles. The highest BCUT2D eigenvalue weighted by atomic mass is 16.4. The van der Waals surface area contributed by atoms with Gasteiger partial charge in [0.15, 0.2) is 0 Å². The number of carboxylic acids is 1. The number of carbonyl (C=O) groups is 2. The minimum Gasteiger partial charge on any atom is -0.481 e. The van der Waals surface area contributed by atoms with Crippen molar-refractivity contribution in [1.82, 2.24) is 10.2 Å². The van der Waals surface area contributed by atoms with Gasteiger partial charge in [-0.25, -0.2) is 0 Å². The summed E-state index contributed by atoms with van der Waals surface area (Å²) in [5.74, 6) is -0.837. The number of amides is 1.